The van der Waals surface area contributed by atoms with E-state index in [1.165, 1.54) is 5.56 Å². The Morgan fingerprint density at radius 3 is 2.71 bits per heavy atom. The summed E-state index contributed by atoms with van der Waals surface area (Å²) in [7, 11) is 0. The second-order valence-electron chi connectivity index (χ2n) is 6.54. The highest BCUT2D eigenvalue weighted by Gasteiger charge is 2.48. The van der Waals surface area contributed by atoms with Gasteiger partial charge in [0.2, 0.25) is 0 Å². The second-order valence-corrected chi connectivity index (χ2v) is 6.54. The van der Waals surface area contributed by atoms with Gasteiger partial charge in [0.1, 0.15) is 17.5 Å². The van der Waals surface area contributed by atoms with Crippen LogP contribution in [-0.4, -0.2) is 17.5 Å². The standard InChI is InChI=1S/C18H22O3/c1-12-4-6-14(7-5-12)8-9-18(3)15-10-16(19)13(2)17(11-15)20-21-18/h4-9,13,15,17H,10-11H2,1-3H3. The van der Waals surface area contributed by atoms with E-state index in [0.717, 1.165) is 12.0 Å². The van der Waals surface area contributed by atoms with Crippen LogP contribution in [0.25, 0.3) is 6.08 Å². The van der Waals surface area contributed by atoms with E-state index < -0.39 is 5.60 Å². The van der Waals surface area contributed by atoms with Crippen LogP contribution in [0, 0.1) is 18.8 Å². The lowest BCUT2D eigenvalue weighted by Crippen LogP contribution is -2.51. The Hall–Kier alpha value is -1.45. The van der Waals surface area contributed by atoms with Crippen molar-refractivity contribution in [1.29, 1.82) is 0 Å². The first-order chi connectivity index (χ1) is 9.98. The zero-order chi connectivity index (χ0) is 15.0. The molecule has 1 aliphatic heterocycles. The van der Waals surface area contributed by atoms with Crippen LogP contribution < -0.4 is 0 Å². The fourth-order valence-corrected chi connectivity index (χ4v) is 3.10. The van der Waals surface area contributed by atoms with Crippen LogP contribution in [0.1, 0.15) is 37.8 Å². The molecule has 3 rings (SSSR count). The highest BCUT2D eigenvalue weighted by Crippen LogP contribution is 2.42. The molecule has 3 heteroatoms. The minimum atomic E-state index is -0.531. The van der Waals surface area contributed by atoms with Gasteiger partial charge in [0.25, 0.3) is 0 Å². The number of Topliss-reactive ketones (excluding diaryl/α,β-unsaturated/α-hetero) is 1. The lowest BCUT2D eigenvalue weighted by atomic mass is 9.71. The van der Waals surface area contributed by atoms with E-state index in [-0.39, 0.29) is 23.7 Å². The topological polar surface area (TPSA) is 35.5 Å². The van der Waals surface area contributed by atoms with Gasteiger partial charge >= 0.3 is 0 Å². The Morgan fingerprint density at radius 2 is 2.00 bits per heavy atom. The van der Waals surface area contributed by atoms with Crippen molar-refractivity contribution < 1.29 is 14.6 Å². The third kappa shape index (κ3) is 2.81. The van der Waals surface area contributed by atoms with Gasteiger partial charge in [0.05, 0.1) is 0 Å². The maximum atomic E-state index is 12.0. The highest BCUT2D eigenvalue weighted by molar-refractivity contribution is 5.82. The van der Waals surface area contributed by atoms with Crippen LogP contribution in [0.2, 0.25) is 0 Å². The van der Waals surface area contributed by atoms with E-state index in [9.17, 15) is 4.79 Å². The summed E-state index contributed by atoms with van der Waals surface area (Å²) in [6.07, 6.45) is 5.46. The van der Waals surface area contributed by atoms with Gasteiger partial charge in [-0.3, -0.25) is 4.79 Å². The van der Waals surface area contributed by atoms with Crippen LogP contribution in [0.3, 0.4) is 0 Å². The van der Waals surface area contributed by atoms with Gasteiger partial charge in [-0.15, -0.1) is 0 Å². The Bertz CT molecular complexity index is 560. The lowest BCUT2D eigenvalue weighted by molar-refractivity contribution is -0.415. The molecule has 112 valence electrons. The van der Waals surface area contributed by atoms with E-state index in [1.54, 1.807) is 0 Å². The summed E-state index contributed by atoms with van der Waals surface area (Å²) in [5, 5.41) is 0. The van der Waals surface area contributed by atoms with E-state index in [0.29, 0.717) is 6.42 Å². The zero-order valence-corrected chi connectivity index (χ0v) is 12.8. The first-order valence-electron chi connectivity index (χ1n) is 7.61. The fraction of sp³-hybridized carbons (Fsp3) is 0.500. The van der Waals surface area contributed by atoms with Gasteiger partial charge in [-0.2, -0.15) is 0 Å². The molecule has 1 aromatic carbocycles. The minimum absolute atomic E-state index is 0.0492. The highest BCUT2D eigenvalue weighted by atomic mass is 17.2. The average molecular weight is 286 g/mol. The van der Waals surface area contributed by atoms with Crippen molar-refractivity contribution >= 4 is 11.9 Å². The molecule has 1 heterocycles. The molecule has 21 heavy (non-hydrogen) atoms. The van der Waals surface area contributed by atoms with Gasteiger partial charge in [0.15, 0.2) is 0 Å². The quantitative estimate of drug-likeness (QED) is 0.777. The number of carbonyl (C=O) groups is 1. The average Bonchev–Trinajstić information content (AvgIpc) is 2.47. The summed E-state index contributed by atoms with van der Waals surface area (Å²) >= 11 is 0. The summed E-state index contributed by atoms with van der Waals surface area (Å²) in [5.74, 6) is 0.433. The van der Waals surface area contributed by atoms with Crippen molar-refractivity contribution in [1.82, 2.24) is 0 Å². The van der Waals surface area contributed by atoms with Gasteiger partial charge in [-0.25, -0.2) is 9.78 Å². The van der Waals surface area contributed by atoms with E-state index in [2.05, 4.69) is 31.2 Å². The first kappa shape index (κ1) is 14.5. The summed E-state index contributed by atoms with van der Waals surface area (Å²) in [6.45, 7) is 6.00. The van der Waals surface area contributed by atoms with Crippen molar-refractivity contribution in [2.75, 3.05) is 0 Å². The Labute approximate surface area is 125 Å². The number of rotatable bonds is 2. The number of ketones is 1. The summed E-state index contributed by atoms with van der Waals surface area (Å²) < 4.78 is 0. The molecule has 0 radical (unpaired) electrons. The SMILES string of the molecule is Cc1ccc(C=CC2(C)OOC3CC2CC(=O)C3C)cc1. The molecule has 1 aromatic rings. The van der Waals surface area contributed by atoms with Crippen molar-refractivity contribution in [3.63, 3.8) is 0 Å². The maximum Gasteiger partial charge on any atom is 0.138 e. The van der Waals surface area contributed by atoms with Crippen LogP contribution in [0.5, 0.6) is 0 Å². The van der Waals surface area contributed by atoms with Crippen LogP contribution in [0.15, 0.2) is 30.3 Å². The molecule has 1 aliphatic carbocycles. The monoisotopic (exact) mass is 286 g/mol. The molecular weight excluding hydrogens is 264 g/mol. The molecule has 1 saturated heterocycles. The fourth-order valence-electron chi connectivity index (χ4n) is 3.10. The van der Waals surface area contributed by atoms with Crippen molar-refractivity contribution in [3.8, 4) is 0 Å². The second kappa shape index (κ2) is 5.39. The molecule has 4 atom stereocenters. The molecule has 0 spiro atoms. The third-order valence-electron chi connectivity index (χ3n) is 4.88. The first-order valence-corrected chi connectivity index (χ1v) is 7.61. The molecule has 2 bridgehead atoms. The molecule has 2 aliphatic rings. The lowest BCUT2D eigenvalue weighted by Gasteiger charge is -2.45. The maximum absolute atomic E-state index is 12.0. The largest absolute Gasteiger partial charge is 0.299 e. The Morgan fingerprint density at radius 1 is 1.29 bits per heavy atom. The molecule has 0 N–H and O–H groups in total. The zero-order valence-electron chi connectivity index (χ0n) is 12.8. The number of hydrogen-bond donors (Lipinski definition) is 0. The van der Waals surface area contributed by atoms with Crippen LogP contribution in [-0.2, 0) is 14.6 Å². The summed E-state index contributed by atoms with van der Waals surface area (Å²) in [6, 6.07) is 8.33. The number of fused-ring (bicyclic) bond motifs is 2. The van der Waals surface area contributed by atoms with E-state index in [1.807, 2.05) is 26.0 Å². The predicted octanol–water partition coefficient (Wildman–Crippen LogP) is 3.71. The van der Waals surface area contributed by atoms with E-state index >= 15 is 0 Å². The molecule has 0 aromatic heterocycles. The minimum Gasteiger partial charge on any atom is -0.299 e. The molecular formula is C18H22O3. The molecule has 2 fully saturated rings. The molecule has 0 amide bonds. The number of aryl methyl sites for hydroxylation is 1. The van der Waals surface area contributed by atoms with Crippen molar-refractivity contribution in [2.24, 2.45) is 11.8 Å². The van der Waals surface area contributed by atoms with Crippen LogP contribution in [0.4, 0.5) is 0 Å². The van der Waals surface area contributed by atoms with Gasteiger partial charge in [-0.05, 0) is 31.9 Å². The normalized spacial score (nSPS) is 36.1. The molecule has 1 saturated carbocycles. The van der Waals surface area contributed by atoms with Crippen molar-refractivity contribution in [3.05, 3.63) is 41.5 Å². The summed E-state index contributed by atoms with van der Waals surface area (Å²) in [4.78, 5) is 23.2. The van der Waals surface area contributed by atoms with Crippen LogP contribution >= 0.6 is 0 Å². The van der Waals surface area contributed by atoms with E-state index in [4.69, 9.17) is 9.78 Å². The summed E-state index contributed by atoms with van der Waals surface area (Å²) in [5.41, 5.74) is 1.84. The predicted molar refractivity (Wildman–Crippen MR) is 81.5 cm³/mol. The van der Waals surface area contributed by atoms with Gasteiger partial charge in [0, 0.05) is 18.3 Å². The molecule has 3 nitrogen and oxygen atoms in total. The molecule has 4 unspecified atom stereocenters. The third-order valence-corrected chi connectivity index (χ3v) is 4.88. The smallest absolute Gasteiger partial charge is 0.138 e. The Kier molecular flexibility index (Phi) is 3.72. The number of benzene rings is 1. The van der Waals surface area contributed by atoms with Crippen molar-refractivity contribution in [2.45, 2.75) is 45.3 Å². The number of hydrogen-bond acceptors (Lipinski definition) is 3. The van der Waals surface area contributed by atoms with Gasteiger partial charge in [-0.1, -0.05) is 42.8 Å². The Balaban J connectivity index is 1.78. The number of carbonyl (C=O) groups excluding carboxylic acids is 1. The van der Waals surface area contributed by atoms with Gasteiger partial charge < -0.3 is 0 Å².